The summed E-state index contributed by atoms with van der Waals surface area (Å²) in [5, 5.41) is 2.05. The summed E-state index contributed by atoms with van der Waals surface area (Å²) in [6.07, 6.45) is 9.64. The van der Waals surface area contributed by atoms with Gasteiger partial charge in [-0.25, -0.2) is 4.39 Å². The van der Waals surface area contributed by atoms with Crippen LogP contribution < -0.4 is 4.74 Å². The Hall–Kier alpha value is -1.57. The molecular formula is C23H29FO. The van der Waals surface area contributed by atoms with Crippen LogP contribution in [0.1, 0.15) is 63.4 Å². The van der Waals surface area contributed by atoms with E-state index in [1.54, 1.807) is 12.1 Å². The predicted octanol–water partition coefficient (Wildman–Crippen LogP) is 6.70. The van der Waals surface area contributed by atoms with Crippen molar-refractivity contribution < 1.29 is 9.13 Å². The summed E-state index contributed by atoms with van der Waals surface area (Å²) < 4.78 is 19.2. The van der Waals surface area contributed by atoms with E-state index in [2.05, 4.69) is 25.1 Å². The van der Waals surface area contributed by atoms with Crippen molar-refractivity contribution in [1.29, 1.82) is 0 Å². The van der Waals surface area contributed by atoms with Gasteiger partial charge in [-0.1, -0.05) is 38.0 Å². The Balaban J connectivity index is 1.54. The molecule has 0 radical (unpaired) electrons. The highest BCUT2D eigenvalue weighted by Crippen LogP contribution is 2.48. The predicted molar refractivity (Wildman–Crippen MR) is 102 cm³/mol. The van der Waals surface area contributed by atoms with Crippen molar-refractivity contribution >= 4 is 10.8 Å². The van der Waals surface area contributed by atoms with Crippen LogP contribution in [0.4, 0.5) is 4.39 Å². The van der Waals surface area contributed by atoms with Gasteiger partial charge in [0.2, 0.25) is 0 Å². The van der Waals surface area contributed by atoms with Crippen LogP contribution in [0.2, 0.25) is 0 Å². The highest BCUT2D eigenvalue weighted by Gasteiger charge is 2.35. The maximum atomic E-state index is 14.1. The van der Waals surface area contributed by atoms with Crippen molar-refractivity contribution in [3.05, 3.63) is 41.7 Å². The van der Waals surface area contributed by atoms with Crippen molar-refractivity contribution in [2.45, 2.75) is 57.8 Å². The molecule has 4 atom stereocenters. The molecule has 2 saturated carbocycles. The lowest BCUT2D eigenvalue weighted by Gasteiger charge is -2.42. The zero-order chi connectivity index (χ0) is 17.4. The van der Waals surface area contributed by atoms with E-state index in [1.165, 1.54) is 57.6 Å². The number of hydrogen-bond donors (Lipinski definition) is 0. The van der Waals surface area contributed by atoms with E-state index in [0.29, 0.717) is 11.7 Å². The van der Waals surface area contributed by atoms with Crippen LogP contribution >= 0.6 is 0 Å². The molecule has 0 aromatic heterocycles. The molecule has 4 unspecified atom stereocenters. The van der Waals surface area contributed by atoms with Gasteiger partial charge < -0.3 is 4.74 Å². The highest BCUT2D eigenvalue weighted by molar-refractivity contribution is 5.84. The van der Waals surface area contributed by atoms with Gasteiger partial charge in [0.15, 0.2) is 11.6 Å². The van der Waals surface area contributed by atoms with Gasteiger partial charge in [0.25, 0.3) is 0 Å². The van der Waals surface area contributed by atoms with Crippen LogP contribution in [-0.2, 0) is 0 Å². The quantitative estimate of drug-likeness (QED) is 0.604. The minimum absolute atomic E-state index is 0.270. The Kier molecular flexibility index (Phi) is 4.71. The molecule has 0 bridgehead atoms. The third kappa shape index (κ3) is 3.28. The molecule has 134 valence electrons. The first-order valence-electron chi connectivity index (χ1n) is 9.95. The molecule has 1 nitrogen and oxygen atoms in total. The van der Waals surface area contributed by atoms with Crippen LogP contribution in [0.15, 0.2) is 30.3 Å². The standard InChI is InChI=1S/C23H29FO/c1-3-15-4-5-17-11-18(7-6-16(17)10-15)19-8-9-20-14-23(25-2)22(24)13-21(20)12-19/h8-9,12-18H,3-7,10-11H2,1-2H3. The van der Waals surface area contributed by atoms with Crippen LogP contribution in [-0.4, -0.2) is 7.11 Å². The number of fused-ring (bicyclic) bond motifs is 2. The van der Waals surface area contributed by atoms with Crippen molar-refractivity contribution in [2.75, 3.05) is 7.11 Å². The molecule has 2 fully saturated rings. The van der Waals surface area contributed by atoms with Gasteiger partial charge in [0, 0.05) is 0 Å². The molecular weight excluding hydrogens is 311 g/mol. The van der Waals surface area contributed by atoms with Crippen LogP contribution in [0.3, 0.4) is 0 Å². The number of benzene rings is 2. The van der Waals surface area contributed by atoms with Gasteiger partial charge in [0.1, 0.15) is 0 Å². The van der Waals surface area contributed by atoms with Crippen molar-refractivity contribution in [3.8, 4) is 5.75 Å². The Morgan fingerprint density at radius 3 is 2.56 bits per heavy atom. The smallest absolute Gasteiger partial charge is 0.165 e. The zero-order valence-electron chi connectivity index (χ0n) is 15.4. The van der Waals surface area contributed by atoms with Crippen molar-refractivity contribution in [1.82, 2.24) is 0 Å². The summed E-state index contributed by atoms with van der Waals surface area (Å²) in [7, 11) is 1.52. The molecule has 2 aliphatic carbocycles. The Bertz CT molecular complexity index is 753. The summed E-state index contributed by atoms with van der Waals surface area (Å²) in [5.74, 6) is 3.54. The van der Waals surface area contributed by atoms with Gasteiger partial charge in [-0.05, 0) is 84.2 Å². The van der Waals surface area contributed by atoms with Crippen LogP contribution in [0.25, 0.3) is 10.8 Å². The lowest BCUT2D eigenvalue weighted by atomic mass is 9.63. The Morgan fingerprint density at radius 2 is 1.76 bits per heavy atom. The molecule has 2 heteroatoms. The monoisotopic (exact) mass is 340 g/mol. The van der Waals surface area contributed by atoms with E-state index < -0.39 is 0 Å². The molecule has 0 amide bonds. The first kappa shape index (κ1) is 16.9. The first-order valence-corrected chi connectivity index (χ1v) is 9.95. The van der Waals surface area contributed by atoms with E-state index in [0.717, 1.165) is 28.5 Å². The first-order chi connectivity index (χ1) is 12.2. The maximum absolute atomic E-state index is 14.1. The number of methoxy groups -OCH3 is 1. The van der Waals surface area contributed by atoms with Crippen LogP contribution in [0, 0.1) is 23.6 Å². The summed E-state index contributed by atoms with van der Waals surface area (Å²) >= 11 is 0. The summed E-state index contributed by atoms with van der Waals surface area (Å²) in [6.45, 7) is 2.35. The summed E-state index contributed by atoms with van der Waals surface area (Å²) in [6, 6.07) is 10.0. The molecule has 0 aliphatic heterocycles. The third-order valence-electron chi connectivity index (χ3n) is 6.91. The van der Waals surface area contributed by atoms with Gasteiger partial charge in [0.05, 0.1) is 7.11 Å². The van der Waals surface area contributed by atoms with E-state index in [9.17, 15) is 4.39 Å². The molecule has 2 aromatic carbocycles. The molecule has 0 N–H and O–H groups in total. The summed E-state index contributed by atoms with van der Waals surface area (Å²) in [4.78, 5) is 0. The lowest BCUT2D eigenvalue weighted by molar-refractivity contribution is 0.116. The molecule has 0 saturated heterocycles. The SMILES string of the molecule is CCC1CCC2CC(c3ccc4cc(OC)c(F)cc4c3)CCC2C1. The largest absolute Gasteiger partial charge is 0.494 e. The number of hydrogen-bond acceptors (Lipinski definition) is 1. The summed E-state index contributed by atoms with van der Waals surface area (Å²) in [5.41, 5.74) is 1.40. The number of ether oxygens (including phenoxy) is 1. The maximum Gasteiger partial charge on any atom is 0.165 e. The molecule has 4 rings (SSSR count). The number of rotatable bonds is 3. The molecule has 2 aromatic rings. The highest BCUT2D eigenvalue weighted by atomic mass is 19.1. The third-order valence-corrected chi connectivity index (χ3v) is 6.91. The average molecular weight is 340 g/mol. The topological polar surface area (TPSA) is 9.23 Å². The second-order valence-electron chi connectivity index (χ2n) is 8.21. The fraction of sp³-hybridized carbons (Fsp3) is 0.565. The fourth-order valence-electron chi connectivity index (χ4n) is 5.34. The van der Waals surface area contributed by atoms with Gasteiger partial charge in [-0.3, -0.25) is 0 Å². The minimum Gasteiger partial charge on any atom is -0.494 e. The molecule has 0 heterocycles. The molecule has 0 spiro atoms. The van der Waals surface area contributed by atoms with Crippen LogP contribution in [0.5, 0.6) is 5.75 Å². The van der Waals surface area contributed by atoms with Gasteiger partial charge in [-0.15, -0.1) is 0 Å². The van der Waals surface area contributed by atoms with Crippen molar-refractivity contribution in [3.63, 3.8) is 0 Å². The Morgan fingerprint density at radius 1 is 0.960 bits per heavy atom. The zero-order valence-corrected chi connectivity index (χ0v) is 15.4. The second kappa shape index (κ2) is 6.97. The molecule has 25 heavy (non-hydrogen) atoms. The second-order valence-corrected chi connectivity index (χ2v) is 8.21. The fourth-order valence-corrected chi connectivity index (χ4v) is 5.34. The van der Waals surface area contributed by atoms with Gasteiger partial charge >= 0.3 is 0 Å². The van der Waals surface area contributed by atoms with E-state index in [1.807, 2.05) is 0 Å². The normalized spacial score (nSPS) is 29.4. The van der Waals surface area contributed by atoms with E-state index in [4.69, 9.17) is 4.74 Å². The minimum atomic E-state index is -0.270. The number of halogens is 1. The Labute approximate surface area is 150 Å². The average Bonchev–Trinajstić information content (AvgIpc) is 2.66. The lowest BCUT2D eigenvalue weighted by Crippen LogP contribution is -2.30. The van der Waals surface area contributed by atoms with E-state index >= 15 is 0 Å². The van der Waals surface area contributed by atoms with E-state index in [-0.39, 0.29) is 5.82 Å². The van der Waals surface area contributed by atoms with Gasteiger partial charge in [-0.2, -0.15) is 0 Å². The molecule has 2 aliphatic rings. The van der Waals surface area contributed by atoms with Crippen molar-refractivity contribution in [2.24, 2.45) is 17.8 Å².